The second-order valence-corrected chi connectivity index (χ2v) is 3.63. The van der Waals surface area contributed by atoms with Gasteiger partial charge in [0.2, 0.25) is 0 Å². The lowest BCUT2D eigenvalue weighted by Gasteiger charge is -2.12. The Morgan fingerprint density at radius 1 is 1.53 bits per heavy atom. The quantitative estimate of drug-likeness (QED) is 0.504. The Morgan fingerprint density at radius 2 is 2.20 bits per heavy atom. The number of nitrogens with zero attached hydrogens (tertiary/aromatic N) is 1. The van der Waals surface area contributed by atoms with Gasteiger partial charge in [0.05, 0.1) is 5.02 Å². The smallest absolute Gasteiger partial charge is 0.274 e. The van der Waals surface area contributed by atoms with Crippen molar-refractivity contribution in [3.05, 3.63) is 28.2 Å². The third-order valence-electron chi connectivity index (χ3n) is 1.66. The van der Waals surface area contributed by atoms with Gasteiger partial charge in [0.15, 0.2) is 6.61 Å². The summed E-state index contributed by atoms with van der Waals surface area (Å²) in [7, 11) is 1.44. The first-order valence-electron chi connectivity index (χ1n) is 4.10. The average Bonchev–Trinajstić information content (AvgIpc) is 2.19. The molecule has 15 heavy (non-hydrogen) atoms. The van der Waals surface area contributed by atoms with Gasteiger partial charge in [-0.15, -0.1) is 0 Å². The third kappa shape index (κ3) is 3.27. The summed E-state index contributed by atoms with van der Waals surface area (Å²) in [6.45, 7) is -0.174. The number of hydrogen-bond donors (Lipinski definition) is 1. The topological polar surface area (TPSA) is 55.6 Å². The normalized spacial score (nSPS) is 9.87. The number of rotatable bonds is 3. The third-order valence-corrected chi connectivity index (χ3v) is 2.46. The number of carbonyl (C=O) groups excluding carboxylic acids is 1. The number of nitrogens with two attached hydrogens (primary N) is 1. The van der Waals surface area contributed by atoms with E-state index in [0.717, 1.165) is 5.01 Å². The molecule has 0 aliphatic heterocycles. The first-order chi connectivity index (χ1) is 7.02. The minimum atomic E-state index is -0.356. The second-order valence-electron chi connectivity index (χ2n) is 2.85. The first kappa shape index (κ1) is 12.1. The maximum atomic E-state index is 11.1. The van der Waals surface area contributed by atoms with Crippen molar-refractivity contribution < 1.29 is 9.53 Å². The summed E-state index contributed by atoms with van der Waals surface area (Å²) in [5, 5.41) is 1.60. The van der Waals surface area contributed by atoms with Crippen molar-refractivity contribution in [2.45, 2.75) is 0 Å². The Kier molecular flexibility index (Phi) is 4.20. The molecule has 82 valence electrons. The van der Waals surface area contributed by atoms with Gasteiger partial charge in [0.1, 0.15) is 10.8 Å². The molecule has 0 saturated heterocycles. The molecule has 1 aromatic rings. The molecule has 1 rings (SSSR count). The molecular weight excluding hydrogens is 239 g/mol. The summed E-state index contributed by atoms with van der Waals surface area (Å²) in [5.41, 5.74) is 0. The molecular formula is C9H10Cl2N2O2. The Hall–Kier alpha value is -0.970. The van der Waals surface area contributed by atoms with Crippen LogP contribution in [0.25, 0.3) is 0 Å². The lowest BCUT2D eigenvalue weighted by molar-refractivity contribution is -0.132. The van der Waals surface area contributed by atoms with Crippen LogP contribution in [0.15, 0.2) is 18.2 Å². The fourth-order valence-corrected chi connectivity index (χ4v) is 1.18. The molecule has 0 aromatic heterocycles. The molecule has 0 heterocycles. The summed E-state index contributed by atoms with van der Waals surface area (Å²) in [6, 6.07) is 4.94. The number of likely N-dealkylation sites (N-methyl/N-ethyl adjacent to an activating group) is 1. The number of ether oxygens (including phenoxy) is 1. The molecule has 0 fully saturated rings. The van der Waals surface area contributed by atoms with Gasteiger partial charge in [0, 0.05) is 7.05 Å². The van der Waals surface area contributed by atoms with Gasteiger partial charge >= 0.3 is 0 Å². The van der Waals surface area contributed by atoms with Crippen molar-refractivity contribution in [1.29, 1.82) is 0 Å². The first-order valence-corrected chi connectivity index (χ1v) is 4.86. The van der Waals surface area contributed by atoms with Crippen LogP contribution in [0.3, 0.4) is 0 Å². The van der Waals surface area contributed by atoms with Gasteiger partial charge in [-0.3, -0.25) is 9.80 Å². The predicted octanol–water partition coefficient (Wildman–Crippen LogP) is 1.70. The van der Waals surface area contributed by atoms with E-state index in [2.05, 4.69) is 0 Å². The number of hydrazine groups is 1. The van der Waals surface area contributed by atoms with Crippen LogP contribution >= 0.6 is 23.2 Å². The summed E-state index contributed by atoms with van der Waals surface area (Å²) in [5.74, 6) is 5.22. The van der Waals surface area contributed by atoms with Crippen molar-refractivity contribution in [2.24, 2.45) is 5.84 Å². The largest absolute Gasteiger partial charge is 0.482 e. The van der Waals surface area contributed by atoms with E-state index in [9.17, 15) is 4.79 Å². The summed E-state index contributed by atoms with van der Waals surface area (Å²) in [4.78, 5) is 11.1. The fourth-order valence-electron chi connectivity index (χ4n) is 0.837. The van der Waals surface area contributed by atoms with E-state index in [1.54, 1.807) is 18.2 Å². The molecule has 0 aliphatic rings. The zero-order chi connectivity index (χ0) is 11.4. The summed E-state index contributed by atoms with van der Waals surface area (Å²) < 4.78 is 5.15. The molecule has 6 heteroatoms. The lowest BCUT2D eigenvalue weighted by Crippen LogP contribution is -2.36. The van der Waals surface area contributed by atoms with E-state index in [4.69, 9.17) is 33.8 Å². The van der Waals surface area contributed by atoms with Gasteiger partial charge in [-0.2, -0.15) is 0 Å². The van der Waals surface area contributed by atoms with E-state index in [1.807, 2.05) is 0 Å². The van der Waals surface area contributed by atoms with Crippen LogP contribution < -0.4 is 10.6 Å². The Morgan fingerprint density at radius 3 is 2.80 bits per heavy atom. The highest BCUT2D eigenvalue weighted by atomic mass is 35.5. The fraction of sp³-hybridized carbons (Fsp3) is 0.222. The maximum absolute atomic E-state index is 11.1. The molecule has 0 unspecified atom stereocenters. The Balaban J connectivity index is 2.66. The van der Waals surface area contributed by atoms with E-state index in [-0.39, 0.29) is 17.5 Å². The van der Waals surface area contributed by atoms with E-state index in [0.29, 0.717) is 10.8 Å². The van der Waals surface area contributed by atoms with Crippen molar-refractivity contribution >= 4 is 29.1 Å². The Labute approximate surface area is 97.5 Å². The van der Waals surface area contributed by atoms with E-state index < -0.39 is 0 Å². The van der Waals surface area contributed by atoms with Gasteiger partial charge in [-0.05, 0) is 12.1 Å². The van der Waals surface area contributed by atoms with Crippen LogP contribution in [0.4, 0.5) is 0 Å². The van der Waals surface area contributed by atoms with Crippen LogP contribution in [-0.4, -0.2) is 24.6 Å². The van der Waals surface area contributed by atoms with E-state index >= 15 is 0 Å². The molecule has 1 aromatic carbocycles. The highest BCUT2D eigenvalue weighted by Crippen LogP contribution is 2.31. The molecule has 0 spiro atoms. The van der Waals surface area contributed by atoms with Gasteiger partial charge < -0.3 is 4.74 Å². The average molecular weight is 249 g/mol. The van der Waals surface area contributed by atoms with Gasteiger partial charge in [-0.1, -0.05) is 29.3 Å². The number of hydrogen-bond acceptors (Lipinski definition) is 3. The highest BCUT2D eigenvalue weighted by Gasteiger charge is 2.09. The standard InChI is InChI=1S/C9H10Cl2N2O2/c1-13(12)8(14)5-15-7-4-2-3-6(10)9(7)11/h2-4H,5,12H2,1H3. The monoisotopic (exact) mass is 248 g/mol. The molecule has 0 bridgehead atoms. The second kappa shape index (κ2) is 5.21. The number of halogens is 2. The van der Waals surface area contributed by atoms with Gasteiger partial charge in [-0.25, -0.2) is 5.84 Å². The molecule has 4 nitrogen and oxygen atoms in total. The van der Waals surface area contributed by atoms with Crippen LogP contribution in [0, 0.1) is 0 Å². The van der Waals surface area contributed by atoms with Crippen LogP contribution in [0.2, 0.25) is 10.0 Å². The molecule has 1 amide bonds. The van der Waals surface area contributed by atoms with E-state index in [1.165, 1.54) is 7.05 Å². The Bertz CT molecular complexity index is 369. The van der Waals surface area contributed by atoms with Crippen molar-refractivity contribution in [3.63, 3.8) is 0 Å². The van der Waals surface area contributed by atoms with Crippen molar-refractivity contribution in [3.8, 4) is 5.75 Å². The number of carbonyl (C=O) groups is 1. The minimum absolute atomic E-state index is 0.174. The lowest BCUT2D eigenvalue weighted by atomic mass is 10.3. The maximum Gasteiger partial charge on any atom is 0.274 e. The van der Waals surface area contributed by atoms with Crippen molar-refractivity contribution in [1.82, 2.24) is 5.01 Å². The molecule has 0 aliphatic carbocycles. The molecule has 0 atom stereocenters. The molecule has 2 N–H and O–H groups in total. The molecule has 0 saturated carbocycles. The zero-order valence-electron chi connectivity index (χ0n) is 8.04. The zero-order valence-corrected chi connectivity index (χ0v) is 9.55. The van der Waals surface area contributed by atoms with Crippen LogP contribution in [0.5, 0.6) is 5.75 Å². The minimum Gasteiger partial charge on any atom is -0.482 e. The summed E-state index contributed by atoms with van der Waals surface area (Å²) in [6.07, 6.45) is 0. The molecule has 0 radical (unpaired) electrons. The summed E-state index contributed by atoms with van der Waals surface area (Å²) >= 11 is 11.6. The number of benzene rings is 1. The van der Waals surface area contributed by atoms with Crippen LogP contribution in [0.1, 0.15) is 0 Å². The SMILES string of the molecule is CN(N)C(=O)COc1cccc(Cl)c1Cl. The van der Waals surface area contributed by atoms with Crippen LogP contribution in [-0.2, 0) is 4.79 Å². The van der Waals surface area contributed by atoms with Crippen molar-refractivity contribution in [2.75, 3.05) is 13.7 Å². The predicted molar refractivity (Wildman–Crippen MR) is 58.9 cm³/mol. The van der Waals surface area contributed by atoms with Gasteiger partial charge in [0.25, 0.3) is 5.91 Å². The highest BCUT2D eigenvalue weighted by molar-refractivity contribution is 6.42. The number of amides is 1.